The standard InChI is InChI=1S/C25H32BN3O3/c1-7-28(8-2)23(30)15-12-17-16-10-9-11-19-21(16)18(13-20(17)27(6)14-15)22(26)29(19)24(31)32-25(3,4)5/h9-12,15,20H,7-8,13-14H2,1-6H3. The summed E-state index contributed by atoms with van der Waals surface area (Å²) in [4.78, 5) is 30.3. The summed E-state index contributed by atoms with van der Waals surface area (Å²) in [5.74, 6) is -0.0233. The average Bonchev–Trinajstić information content (AvgIpc) is 3.01. The molecule has 1 aromatic carbocycles. The van der Waals surface area contributed by atoms with Crippen LogP contribution >= 0.6 is 0 Å². The van der Waals surface area contributed by atoms with E-state index < -0.39 is 11.7 Å². The fraction of sp³-hybridized carbons (Fsp3) is 0.520. The normalized spacial score (nSPS) is 20.6. The quantitative estimate of drug-likeness (QED) is 0.699. The number of benzene rings is 1. The summed E-state index contributed by atoms with van der Waals surface area (Å²) in [6.07, 6.45) is 2.37. The maximum atomic E-state index is 13.1. The van der Waals surface area contributed by atoms with Crippen LogP contribution in [0.15, 0.2) is 24.3 Å². The molecule has 2 aliphatic rings. The van der Waals surface area contributed by atoms with E-state index in [-0.39, 0.29) is 17.9 Å². The minimum Gasteiger partial charge on any atom is -0.443 e. The Hall–Kier alpha value is -2.54. The molecule has 0 saturated carbocycles. The Balaban J connectivity index is 1.85. The predicted molar refractivity (Wildman–Crippen MR) is 128 cm³/mol. The van der Waals surface area contributed by atoms with E-state index in [9.17, 15) is 9.59 Å². The number of aromatic nitrogens is 1. The van der Waals surface area contributed by atoms with Crippen LogP contribution in [0.1, 0.15) is 45.7 Å². The van der Waals surface area contributed by atoms with Gasteiger partial charge in [0.1, 0.15) is 13.4 Å². The molecule has 2 aromatic rings. The highest BCUT2D eigenvalue weighted by Crippen LogP contribution is 2.41. The molecule has 2 atom stereocenters. The Bertz CT molecular complexity index is 1110. The van der Waals surface area contributed by atoms with Crippen molar-refractivity contribution in [3.63, 3.8) is 0 Å². The van der Waals surface area contributed by atoms with E-state index in [1.54, 1.807) is 0 Å². The van der Waals surface area contributed by atoms with Gasteiger partial charge in [0.25, 0.3) is 0 Å². The number of carbonyl (C=O) groups excluding carboxylic acids is 2. The first-order chi connectivity index (χ1) is 15.1. The van der Waals surface area contributed by atoms with Gasteiger partial charge in [-0.25, -0.2) is 4.79 Å². The van der Waals surface area contributed by atoms with Crippen LogP contribution in [-0.4, -0.2) is 72.5 Å². The molecule has 7 heteroatoms. The molecule has 2 heterocycles. The highest BCUT2D eigenvalue weighted by Gasteiger charge is 2.38. The highest BCUT2D eigenvalue weighted by molar-refractivity contribution is 6.36. The molecule has 0 fully saturated rings. The van der Waals surface area contributed by atoms with Gasteiger partial charge < -0.3 is 9.64 Å². The second kappa shape index (κ2) is 8.11. The van der Waals surface area contributed by atoms with Crippen molar-refractivity contribution in [2.75, 3.05) is 26.7 Å². The van der Waals surface area contributed by atoms with Crippen molar-refractivity contribution in [1.29, 1.82) is 0 Å². The largest absolute Gasteiger partial charge is 0.443 e. The van der Waals surface area contributed by atoms with E-state index in [1.165, 1.54) is 4.57 Å². The minimum absolute atomic E-state index is 0.116. The zero-order valence-corrected chi connectivity index (χ0v) is 19.9. The first-order valence-electron chi connectivity index (χ1n) is 11.4. The van der Waals surface area contributed by atoms with Crippen molar-refractivity contribution in [2.45, 2.75) is 52.7 Å². The van der Waals surface area contributed by atoms with Crippen LogP contribution < -0.4 is 5.59 Å². The Kier molecular flexibility index (Phi) is 5.74. The maximum absolute atomic E-state index is 13.1. The molecular weight excluding hydrogens is 401 g/mol. The van der Waals surface area contributed by atoms with Crippen LogP contribution in [0.25, 0.3) is 16.5 Å². The predicted octanol–water partition coefficient (Wildman–Crippen LogP) is 2.96. The second-order valence-corrected chi connectivity index (χ2v) is 9.78. The third-order valence-electron chi connectivity index (χ3n) is 6.57. The fourth-order valence-electron chi connectivity index (χ4n) is 5.09. The lowest BCUT2D eigenvalue weighted by molar-refractivity contribution is -0.134. The van der Waals surface area contributed by atoms with Crippen LogP contribution in [0.2, 0.25) is 0 Å². The van der Waals surface area contributed by atoms with E-state index in [0.717, 1.165) is 27.6 Å². The summed E-state index contributed by atoms with van der Waals surface area (Å²) < 4.78 is 7.13. The van der Waals surface area contributed by atoms with Gasteiger partial charge in [0, 0.05) is 31.1 Å². The SMILES string of the molecule is [B]c1c2c3c(cccc3n1C(=O)OC(C)(C)C)C1=CC(C(=O)N(CC)CC)CN(C)C1C2. The smallest absolute Gasteiger partial charge is 0.418 e. The van der Waals surface area contributed by atoms with Crippen molar-refractivity contribution in [2.24, 2.45) is 5.92 Å². The first-order valence-corrected chi connectivity index (χ1v) is 11.4. The van der Waals surface area contributed by atoms with Gasteiger partial charge in [-0.15, -0.1) is 0 Å². The van der Waals surface area contributed by atoms with E-state index in [4.69, 9.17) is 12.6 Å². The van der Waals surface area contributed by atoms with Gasteiger partial charge in [0.2, 0.25) is 5.91 Å². The first kappa shape index (κ1) is 22.7. The van der Waals surface area contributed by atoms with E-state index >= 15 is 0 Å². The molecule has 0 N–H and O–H groups in total. The monoisotopic (exact) mass is 433 g/mol. The van der Waals surface area contributed by atoms with Crippen molar-refractivity contribution >= 4 is 41.9 Å². The number of amides is 1. The molecule has 32 heavy (non-hydrogen) atoms. The van der Waals surface area contributed by atoms with Crippen molar-refractivity contribution in [3.05, 3.63) is 35.4 Å². The number of ether oxygens (including phenoxy) is 1. The van der Waals surface area contributed by atoms with Crippen LogP contribution in [0, 0.1) is 5.92 Å². The average molecular weight is 433 g/mol. The van der Waals surface area contributed by atoms with E-state index in [1.807, 2.05) is 51.7 Å². The summed E-state index contributed by atoms with van der Waals surface area (Å²) in [6.45, 7) is 11.6. The molecule has 4 rings (SSSR count). The lowest BCUT2D eigenvalue weighted by Gasteiger charge is -2.40. The van der Waals surface area contributed by atoms with Crippen LogP contribution in [0.3, 0.4) is 0 Å². The molecule has 0 bridgehead atoms. The maximum Gasteiger partial charge on any atom is 0.418 e. The number of rotatable bonds is 3. The molecule has 168 valence electrons. The van der Waals surface area contributed by atoms with E-state index in [2.05, 4.69) is 24.1 Å². The van der Waals surface area contributed by atoms with Gasteiger partial charge in [-0.05, 0) is 76.4 Å². The Morgan fingerprint density at radius 1 is 1.22 bits per heavy atom. The van der Waals surface area contributed by atoms with Crippen molar-refractivity contribution in [3.8, 4) is 0 Å². The molecule has 1 aliphatic carbocycles. The Morgan fingerprint density at radius 3 is 2.53 bits per heavy atom. The highest BCUT2D eigenvalue weighted by atomic mass is 16.6. The number of likely N-dealkylation sites (N-methyl/N-ethyl adjacent to an activating group) is 1. The van der Waals surface area contributed by atoms with Gasteiger partial charge in [-0.1, -0.05) is 18.2 Å². The number of hydrogen-bond acceptors (Lipinski definition) is 4. The Morgan fingerprint density at radius 2 is 1.91 bits per heavy atom. The summed E-state index contributed by atoms with van der Waals surface area (Å²) in [7, 11) is 8.59. The molecule has 1 aromatic heterocycles. The fourth-order valence-corrected chi connectivity index (χ4v) is 5.09. The minimum atomic E-state index is -0.618. The third-order valence-corrected chi connectivity index (χ3v) is 6.57. The lowest BCUT2D eigenvalue weighted by atomic mass is 9.77. The summed E-state index contributed by atoms with van der Waals surface area (Å²) in [6, 6.07) is 6.04. The summed E-state index contributed by atoms with van der Waals surface area (Å²) >= 11 is 0. The van der Waals surface area contributed by atoms with Crippen LogP contribution in [0.5, 0.6) is 0 Å². The van der Waals surface area contributed by atoms with Gasteiger partial charge >= 0.3 is 6.09 Å². The molecule has 2 unspecified atom stereocenters. The van der Waals surface area contributed by atoms with Gasteiger partial charge in [0.05, 0.1) is 11.4 Å². The van der Waals surface area contributed by atoms with Gasteiger partial charge in [-0.2, -0.15) is 0 Å². The van der Waals surface area contributed by atoms with Gasteiger partial charge in [-0.3, -0.25) is 14.3 Å². The van der Waals surface area contributed by atoms with Crippen LogP contribution in [0.4, 0.5) is 4.79 Å². The molecule has 1 aliphatic heterocycles. The van der Waals surface area contributed by atoms with E-state index in [0.29, 0.717) is 31.6 Å². The van der Waals surface area contributed by atoms with Crippen molar-refractivity contribution in [1.82, 2.24) is 14.4 Å². The van der Waals surface area contributed by atoms with Crippen LogP contribution in [-0.2, 0) is 16.0 Å². The molecular formula is C25H32BN3O3. The summed E-state index contributed by atoms with van der Waals surface area (Å²) in [5.41, 5.74) is 3.74. The summed E-state index contributed by atoms with van der Waals surface area (Å²) in [5, 5.41) is 0.989. The van der Waals surface area contributed by atoms with Gasteiger partial charge in [0.15, 0.2) is 0 Å². The number of fused-ring (bicyclic) bond motifs is 2. The molecule has 6 nitrogen and oxygen atoms in total. The number of carbonyl (C=O) groups is 2. The molecule has 1 amide bonds. The Labute approximate surface area is 191 Å². The zero-order valence-electron chi connectivity index (χ0n) is 19.9. The zero-order chi connectivity index (χ0) is 23.4. The number of nitrogens with zero attached hydrogens (tertiary/aromatic N) is 3. The number of hydrogen-bond donors (Lipinski definition) is 0. The third kappa shape index (κ3) is 3.66. The lowest BCUT2D eigenvalue weighted by Crippen LogP contribution is -2.48. The molecule has 0 saturated heterocycles. The molecule has 0 spiro atoms. The second-order valence-electron chi connectivity index (χ2n) is 9.78. The van der Waals surface area contributed by atoms with Crippen molar-refractivity contribution < 1.29 is 14.3 Å². The molecule has 2 radical (unpaired) electrons. The topological polar surface area (TPSA) is 54.8 Å².